The number of aliphatic carboxylic acids is 1. The molecular formula is C12H16N2O3. The van der Waals surface area contributed by atoms with Gasteiger partial charge in [0.05, 0.1) is 5.56 Å². The van der Waals surface area contributed by atoms with Gasteiger partial charge in [0.1, 0.15) is 6.04 Å². The molecule has 0 unspecified atom stereocenters. The van der Waals surface area contributed by atoms with Gasteiger partial charge < -0.3 is 10.4 Å². The van der Waals surface area contributed by atoms with Crippen LogP contribution in [0.4, 0.5) is 0 Å². The van der Waals surface area contributed by atoms with Crippen molar-refractivity contribution < 1.29 is 14.7 Å². The predicted octanol–water partition coefficient (Wildman–Crippen LogP) is 1.23. The number of amides is 1. The molecule has 0 aliphatic rings. The summed E-state index contributed by atoms with van der Waals surface area (Å²) in [6.45, 7) is 5.31. The Morgan fingerprint density at radius 3 is 2.47 bits per heavy atom. The van der Waals surface area contributed by atoms with Crippen molar-refractivity contribution in [2.45, 2.75) is 26.8 Å². The third-order valence-corrected chi connectivity index (χ3v) is 2.36. The summed E-state index contributed by atoms with van der Waals surface area (Å²) >= 11 is 0. The van der Waals surface area contributed by atoms with E-state index in [9.17, 15) is 9.59 Å². The molecule has 0 aliphatic heterocycles. The van der Waals surface area contributed by atoms with E-state index in [1.54, 1.807) is 26.1 Å². The van der Waals surface area contributed by atoms with Crippen molar-refractivity contribution in [2.75, 3.05) is 0 Å². The molecule has 1 aromatic rings. The van der Waals surface area contributed by atoms with Gasteiger partial charge in [0.15, 0.2) is 0 Å². The monoisotopic (exact) mass is 236 g/mol. The molecule has 0 aromatic carbocycles. The number of carboxylic acids is 1. The van der Waals surface area contributed by atoms with Crippen LogP contribution < -0.4 is 5.32 Å². The second-order valence-corrected chi connectivity index (χ2v) is 4.28. The first-order chi connectivity index (χ1) is 7.91. The van der Waals surface area contributed by atoms with Crippen LogP contribution in [-0.2, 0) is 4.79 Å². The number of pyridine rings is 1. The lowest BCUT2D eigenvalue weighted by molar-refractivity contribution is -0.140. The highest BCUT2D eigenvalue weighted by molar-refractivity contribution is 5.96. The molecule has 0 saturated heterocycles. The number of carbonyl (C=O) groups is 2. The zero-order valence-corrected chi connectivity index (χ0v) is 10.1. The first kappa shape index (κ1) is 13.2. The lowest BCUT2D eigenvalue weighted by atomic mass is 10.0. The molecule has 17 heavy (non-hydrogen) atoms. The lowest BCUT2D eigenvalue weighted by Crippen LogP contribution is -2.44. The molecule has 92 valence electrons. The smallest absolute Gasteiger partial charge is 0.326 e. The summed E-state index contributed by atoms with van der Waals surface area (Å²) in [5.41, 5.74) is 1.23. The van der Waals surface area contributed by atoms with Gasteiger partial charge in [-0.1, -0.05) is 13.8 Å². The van der Waals surface area contributed by atoms with Crippen molar-refractivity contribution in [3.63, 3.8) is 0 Å². The van der Waals surface area contributed by atoms with Crippen LogP contribution in [0.1, 0.15) is 29.8 Å². The summed E-state index contributed by atoms with van der Waals surface area (Å²) in [4.78, 5) is 26.6. The fourth-order valence-corrected chi connectivity index (χ4v) is 1.42. The predicted molar refractivity (Wildman–Crippen MR) is 62.7 cm³/mol. The van der Waals surface area contributed by atoms with Crippen LogP contribution >= 0.6 is 0 Å². The summed E-state index contributed by atoms with van der Waals surface area (Å²) in [5, 5.41) is 11.4. The molecule has 1 aromatic heterocycles. The molecule has 1 amide bonds. The van der Waals surface area contributed by atoms with Gasteiger partial charge in [0, 0.05) is 12.4 Å². The highest BCUT2D eigenvalue weighted by atomic mass is 16.4. The standard InChI is InChI=1S/C12H16N2O3/c1-7(2)10(12(16)17)14-11(15)9-4-8(3)5-13-6-9/h4-7,10H,1-3H3,(H,14,15)(H,16,17)/t10-/m1/s1. The average Bonchev–Trinajstić information content (AvgIpc) is 2.24. The van der Waals surface area contributed by atoms with E-state index >= 15 is 0 Å². The maximum absolute atomic E-state index is 11.8. The van der Waals surface area contributed by atoms with Crippen LogP contribution in [0.3, 0.4) is 0 Å². The number of nitrogens with one attached hydrogen (secondary N) is 1. The van der Waals surface area contributed by atoms with E-state index < -0.39 is 17.9 Å². The second-order valence-electron chi connectivity index (χ2n) is 4.28. The number of carboxylic acid groups (broad SMARTS) is 1. The third-order valence-electron chi connectivity index (χ3n) is 2.36. The second kappa shape index (κ2) is 5.43. The number of aromatic nitrogens is 1. The molecule has 0 spiro atoms. The Morgan fingerprint density at radius 2 is 2.00 bits per heavy atom. The molecule has 1 heterocycles. The van der Waals surface area contributed by atoms with Gasteiger partial charge in [0.25, 0.3) is 5.91 Å². The number of carbonyl (C=O) groups excluding carboxylic acids is 1. The SMILES string of the molecule is Cc1cncc(C(=O)N[C@@H](C(=O)O)C(C)C)c1. The van der Waals surface area contributed by atoms with Crippen molar-refractivity contribution in [3.8, 4) is 0 Å². The van der Waals surface area contributed by atoms with E-state index in [1.165, 1.54) is 6.20 Å². The molecule has 0 bridgehead atoms. The van der Waals surface area contributed by atoms with Crippen LogP contribution in [0.15, 0.2) is 18.5 Å². The molecule has 0 aliphatic carbocycles. The lowest BCUT2D eigenvalue weighted by Gasteiger charge is -2.17. The molecule has 1 atom stereocenters. The van der Waals surface area contributed by atoms with Crippen molar-refractivity contribution in [3.05, 3.63) is 29.6 Å². The first-order valence-corrected chi connectivity index (χ1v) is 5.37. The van der Waals surface area contributed by atoms with E-state index in [1.807, 2.05) is 6.92 Å². The molecular weight excluding hydrogens is 220 g/mol. The van der Waals surface area contributed by atoms with Gasteiger partial charge in [0.2, 0.25) is 0 Å². The highest BCUT2D eigenvalue weighted by Crippen LogP contribution is 2.05. The van der Waals surface area contributed by atoms with Gasteiger partial charge in [-0.2, -0.15) is 0 Å². The minimum Gasteiger partial charge on any atom is -0.480 e. The van der Waals surface area contributed by atoms with Gasteiger partial charge in [-0.05, 0) is 24.5 Å². The first-order valence-electron chi connectivity index (χ1n) is 5.37. The van der Waals surface area contributed by atoms with Gasteiger partial charge >= 0.3 is 5.97 Å². The molecule has 5 nitrogen and oxygen atoms in total. The maximum Gasteiger partial charge on any atom is 0.326 e. The molecule has 5 heteroatoms. The Labute approximate surface area is 99.9 Å². The largest absolute Gasteiger partial charge is 0.480 e. The summed E-state index contributed by atoms with van der Waals surface area (Å²) in [6.07, 6.45) is 3.05. The van der Waals surface area contributed by atoms with Crippen LogP contribution in [0.5, 0.6) is 0 Å². The van der Waals surface area contributed by atoms with Crippen LogP contribution in [0.25, 0.3) is 0 Å². The maximum atomic E-state index is 11.8. The number of hydrogen-bond acceptors (Lipinski definition) is 3. The molecule has 2 N–H and O–H groups in total. The van der Waals surface area contributed by atoms with E-state index in [4.69, 9.17) is 5.11 Å². The Kier molecular flexibility index (Phi) is 4.20. The number of aryl methyl sites for hydroxylation is 1. The fraction of sp³-hybridized carbons (Fsp3) is 0.417. The van der Waals surface area contributed by atoms with Crippen molar-refractivity contribution in [2.24, 2.45) is 5.92 Å². The summed E-state index contributed by atoms with van der Waals surface area (Å²) < 4.78 is 0. The molecule has 0 fully saturated rings. The topological polar surface area (TPSA) is 79.3 Å². The number of nitrogens with zero attached hydrogens (tertiary/aromatic N) is 1. The molecule has 1 rings (SSSR count). The summed E-state index contributed by atoms with van der Waals surface area (Å²) in [5.74, 6) is -1.62. The van der Waals surface area contributed by atoms with Gasteiger partial charge in [-0.15, -0.1) is 0 Å². The highest BCUT2D eigenvalue weighted by Gasteiger charge is 2.23. The van der Waals surface area contributed by atoms with E-state index in [2.05, 4.69) is 10.3 Å². The minimum atomic E-state index is -1.03. The normalized spacial score (nSPS) is 12.2. The van der Waals surface area contributed by atoms with Crippen LogP contribution in [-0.4, -0.2) is 28.0 Å². The number of hydrogen-bond donors (Lipinski definition) is 2. The molecule has 0 radical (unpaired) electrons. The quantitative estimate of drug-likeness (QED) is 0.824. The average molecular weight is 236 g/mol. The van der Waals surface area contributed by atoms with Gasteiger partial charge in [-0.3, -0.25) is 9.78 Å². The summed E-state index contributed by atoms with van der Waals surface area (Å²) in [6, 6.07) is 0.782. The van der Waals surface area contributed by atoms with E-state index in [0.29, 0.717) is 5.56 Å². The Balaban J connectivity index is 2.81. The fourth-order valence-electron chi connectivity index (χ4n) is 1.42. The number of rotatable bonds is 4. The third kappa shape index (κ3) is 3.55. The van der Waals surface area contributed by atoms with Crippen molar-refractivity contribution in [1.82, 2.24) is 10.3 Å². The zero-order chi connectivity index (χ0) is 13.0. The Morgan fingerprint density at radius 1 is 1.35 bits per heavy atom. The van der Waals surface area contributed by atoms with Crippen molar-refractivity contribution >= 4 is 11.9 Å². The Bertz CT molecular complexity index is 430. The zero-order valence-electron chi connectivity index (χ0n) is 10.1. The van der Waals surface area contributed by atoms with Crippen LogP contribution in [0, 0.1) is 12.8 Å². The minimum absolute atomic E-state index is 0.172. The van der Waals surface area contributed by atoms with E-state index in [-0.39, 0.29) is 5.92 Å². The van der Waals surface area contributed by atoms with Crippen LogP contribution in [0.2, 0.25) is 0 Å². The van der Waals surface area contributed by atoms with E-state index in [0.717, 1.165) is 5.56 Å². The van der Waals surface area contributed by atoms with Gasteiger partial charge in [-0.25, -0.2) is 4.79 Å². The Hall–Kier alpha value is -1.91. The molecule has 0 saturated carbocycles. The van der Waals surface area contributed by atoms with Crippen molar-refractivity contribution in [1.29, 1.82) is 0 Å². The summed E-state index contributed by atoms with van der Waals surface area (Å²) in [7, 11) is 0.